The van der Waals surface area contributed by atoms with E-state index in [1.807, 2.05) is 31.3 Å². The van der Waals surface area contributed by atoms with Crippen molar-refractivity contribution in [3.8, 4) is 5.75 Å². The van der Waals surface area contributed by atoms with E-state index < -0.39 is 0 Å². The summed E-state index contributed by atoms with van der Waals surface area (Å²) in [5.41, 5.74) is 1.12. The van der Waals surface area contributed by atoms with Crippen LogP contribution in [0.4, 0.5) is 0 Å². The van der Waals surface area contributed by atoms with E-state index in [2.05, 4.69) is 10.2 Å². The zero-order chi connectivity index (χ0) is 17.9. The van der Waals surface area contributed by atoms with Crippen LogP contribution in [0.1, 0.15) is 37.7 Å². The quantitative estimate of drug-likeness (QED) is 0.800. The van der Waals surface area contributed by atoms with Crippen molar-refractivity contribution in [3.63, 3.8) is 0 Å². The summed E-state index contributed by atoms with van der Waals surface area (Å²) in [5.74, 6) is 1.18. The highest BCUT2D eigenvalue weighted by molar-refractivity contribution is 5.79. The normalized spacial score (nSPS) is 24.4. The van der Waals surface area contributed by atoms with Crippen LogP contribution in [0, 0.1) is 0 Å². The number of hydrogen-bond donors (Lipinski definition) is 1. The third-order valence-corrected chi connectivity index (χ3v) is 5.96. The first-order chi connectivity index (χ1) is 12.1. The maximum atomic E-state index is 12.0. The van der Waals surface area contributed by atoms with Crippen LogP contribution < -0.4 is 10.1 Å². The fourth-order valence-electron chi connectivity index (χ4n) is 4.47. The molecule has 1 spiro atoms. The van der Waals surface area contributed by atoms with Crippen LogP contribution >= 0.6 is 0 Å². The van der Waals surface area contributed by atoms with Crippen molar-refractivity contribution in [1.29, 1.82) is 0 Å². The highest BCUT2D eigenvalue weighted by Gasteiger charge is 2.49. The van der Waals surface area contributed by atoms with E-state index in [0.717, 1.165) is 43.4 Å². The third-order valence-electron chi connectivity index (χ3n) is 5.96. The molecule has 0 unspecified atom stereocenters. The van der Waals surface area contributed by atoms with Crippen molar-refractivity contribution >= 4 is 12.1 Å². The monoisotopic (exact) mass is 344 g/mol. The van der Waals surface area contributed by atoms with Gasteiger partial charge in [-0.3, -0.25) is 9.69 Å². The minimum Gasteiger partial charge on any atom is -0.497 e. The summed E-state index contributed by atoms with van der Waals surface area (Å²) in [6.45, 7) is 0.865. The summed E-state index contributed by atoms with van der Waals surface area (Å²) in [7, 11) is 3.63. The van der Waals surface area contributed by atoms with E-state index in [1.165, 1.54) is 0 Å². The lowest BCUT2D eigenvalue weighted by Gasteiger charge is -2.43. The molecule has 1 aromatic carbocycles. The Morgan fingerprint density at radius 1 is 1.32 bits per heavy atom. The second-order valence-corrected chi connectivity index (χ2v) is 7.36. The highest BCUT2D eigenvalue weighted by atomic mass is 16.5. The zero-order valence-corrected chi connectivity index (χ0v) is 15.2. The van der Waals surface area contributed by atoms with Crippen molar-refractivity contribution in [3.05, 3.63) is 29.8 Å². The van der Waals surface area contributed by atoms with Gasteiger partial charge in [0, 0.05) is 31.0 Å². The number of methoxy groups -OCH3 is 1. The van der Waals surface area contributed by atoms with E-state index >= 15 is 0 Å². The molecule has 1 saturated carbocycles. The maximum Gasteiger partial charge on any atom is 0.137 e. The van der Waals surface area contributed by atoms with Crippen molar-refractivity contribution in [2.75, 3.05) is 20.7 Å². The number of nitrogens with one attached hydrogen (secondary N) is 1. The summed E-state index contributed by atoms with van der Waals surface area (Å²) >= 11 is 0. The van der Waals surface area contributed by atoms with Gasteiger partial charge in [0.05, 0.1) is 13.2 Å². The Balaban J connectivity index is 1.79. The van der Waals surface area contributed by atoms with Gasteiger partial charge in [-0.15, -0.1) is 0 Å². The largest absolute Gasteiger partial charge is 0.497 e. The topological polar surface area (TPSA) is 58.6 Å². The number of Topliss-reactive ketones (excluding diaryl/α,β-unsaturated/α-hetero) is 1. The van der Waals surface area contributed by atoms with Gasteiger partial charge in [0.1, 0.15) is 17.8 Å². The van der Waals surface area contributed by atoms with Crippen molar-refractivity contribution < 1.29 is 14.3 Å². The summed E-state index contributed by atoms with van der Waals surface area (Å²) in [4.78, 5) is 26.1. The Kier molecular flexibility index (Phi) is 5.54. The van der Waals surface area contributed by atoms with Gasteiger partial charge in [-0.05, 0) is 50.4 Å². The van der Waals surface area contributed by atoms with Crippen LogP contribution in [0.2, 0.25) is 0 Å². The van der Waals surface area contributed by atoms with Gasteiger partial charge in [-0.2, -0.15) is 0 Å². The molecule has 1 N–H and O–H groups in total. The minimum atomic E-state index is -0.153. The van der Waals surface area contributed by atoms with Crippen molar-refractivity contribution in [2.24, 2.45) is 0 Å². The van der Waals surface area contributed by atoms with Gasteiger partial charge >= 0.3 is 0 Å². The van der Waals surface area contributed by atoms with E-state index in [4.69, 9.17) is 4.74 Å². The molecule has 0 amide bonds. The molecular weight excluding hydrogens is 316 g/mol. The molecule has 25 heavy (non-hydrogen) atoms. The first kappa shape index (κ1) is 18.1. The third kappa shape index (κ3) is 3.77. The Labute approximate surface area is 149 Å². The molecule has 1 aliphatic carbocycles. The van der Waals surface area contributed by atoms with Crippen molar-refractivity contribution in [1.82, 2.24) is 10.2 Å². The molecule has 0 bridgehead atoms. The average molecular weight is 344 g/mol. The molecule has 2 aliphatic rings. The van der Waals surface area contributed by atoms with Crippen LogP contribution in [0.25, 0.3) is 0 Å². The molecule has 136 valence electrons. The molecule has 1 aliphatic heterocycles. The molecule has 0 aromatic heterocycles. The predicted octanol–water partition coefficient (Wildman–Crippen LogP) is 1.98. The molecule has 2 atom stereocenters. The number of ether oxygens (including phenoxy) is 1. The summed E-state index contributed by atoms with van der Waals surface area (Å²) < 4.78 is 5.21. The van der Waals surface area contributed by atoms with Gasteiger partial charge in [0.15, 0.2) is 0 Å². The smallest absolute Gasteiger partial charge is 0.137 e. The molecule has 1 saturated heterocycles. The lowest BCUT2D eigenvalue weighted by molar-refractivity contribution is -0.123. The number of nitrogens with zero attached hydrogens (tertiary/aromatic N) is 1. The Hall–Kier alpha value is -1.72. The Bertz CT molecular complexity index is 604. The number of hydrogen-bond acceptors (Lipinski definition) is 5. The van der Waals surface area contributed by atoms with Crippen molar-refractivity contribution in [2.45, 2.75) is 56.1 Å². The number of aldehydes is 1. The van der Waals surface area contributed by atoms with E-state index in [-0.39, 0.29) is 11.6 Å². The molecule has 1 heterocycles. The Morgan fingerprint density at radius 2 is 2.00 bits per heavy atom. The van der Waals surface area contributed by atoms with Gasteiger partial charge < -0.3 is 14.8 Å². The summed E-state index contributed by atoms with van der Waals surface area (Å²) in [5, 5.41) is 3.38. The van der Waals surface area contributed by atoms with Gasteiger partial charge in [0.25, 0.3) is 0 Å². The van der Waals surface area contributed by atoms with E-state index in [1.54, 1.807) is 7.11 Å². The fourth-order valence-corrected chi connectivity index (χ4v) is 4.47. The molecule has 2 fully saturated rings. The average Bonchev–Trinajstić information content (AvgIpc) is 3.01. The van der Waals surface area contributed by atoms with E-state index in [9.17, 15) is 9.59 Å². The highest BCUT2D eigenvalue weighted by Crippen LogP contribution is 2.42. The zero-order valence-electron chi connectivity index (χ0n) is 15.2. The lowest BCUT2D eigenvalue weighted by atomic mass is 9.78. The lowest BCUT2D eigenvalue weighted by Crippen LogP contribution is -2.52. The van der Waals surface area contributed by atoms with Crippen LogP contribution in [0.5, 0.6) is 5.75 Å². The van der Waals surface area contributed by atoms with Gasteiger partial charge in [0.2, 0.25) is 0 Å². The first-order valence-electron chi connectivity index (χ1n) is 9.14. The number of carbonyl (C=O) groups is 2. The molecule has 0 radical (unpaired) electrons. The SMILES string of the molecule is CN[C@@H]1CN([C@H](C=O)Cc2ccc(OC)cc2)C2(CCC(=O)CC2)C1. The molecule has 1 aromatic rings. The summed E-state index contributed by atoms with van der Waals surface area (Å²) in [6, 6.07) is 8.15. The number of likely N-dealkylation sites (N-methyl/N-ethyl adjacent to an activating group) is 1. The molecule has 5 heteroatoms. The van der Waals surface area contributed by atoms with Crippen LogP contribution in [0.3, 0.4) is 0 Å². The second kappa shape index (κ2) is 7.67. The van der Waals surface area contributed by atoms with Gasteiger partial charge in [-0.1, -0.05) is 12.1 Å². The number of ketones is 1. The van der Waals surface area contributed by atoms with E-state index in [0.29, 0.717) is 31.1 Å². The number of carbonyl (C=O) groups excluding carboxylic acids is 2. The number of rotatable bonds is 6. The second-order valence-electron chi connectivity index (χ2n) is 7.36. The maximum absolute atomic E-state index is 12.0. The molecular formula is C20H28N2O3. The van der Waals surface area contributed by atoms with Crippen LogP contribution in [-0.2, 0) is 16.0 Å². The Morgan fingerprint density at radius 3 is 2.56 bits per heavy atom. The molecule has 3 rings (SSSR count). The van der Waals surface area contributed by atoms with Crippen LogP contribution in [-0.4, -0.2) is 55.3 Å². The first-order valence-corrected chi connectivity index (χ1v) is 9.14. The van der Waals surface area contributed by atoms with Gasteiger partial charge in [-0.25, -0.2) is 0 Å². The standard InChI is InChI=1S/C20H28N2O3/c1-21-16-12-20(9-7-18(24)8-10-20)22(13-16)17(14-23)11-15-3-5-19(25-2)6-4-15/h3-6,14,16-17,21H,7-13H2,1-2H3/t16-,17-/m0/s1. The molecule has 5 nitrogen and oxygen atoms in total. The predicted molar refractivity (Wildman–Crippen MR) is 96.9 cm³/mol. The van der Waals surface area contributed by atoms with Crippen LogP contribution in [0.15, 0.2) is 24.3 Å². The number of benzene rings is 1. The summed E-state index contributed by atoms with van der Waals surface area (Å²) in [6.07, 6.45) is 5.82. The number of likely N-dealkylation sites (tertiary alicyclic amines) is 1. The fraction of sp³-hybridized carbons (Fsp3) is 0.600. The minimum absolute atomic E-state index is 0.0143.